The topological polar surface area (TPSA) is 80.6 Å². The van der Waals surface area contributed by atoms with Crippen LogP contribution in [0.2, 0.25) is 0 Å². The zero-order chi connectivity index (χ0) is 26.4. The minimum absolute atomic E-state index is 0.0521. The van der Waals surface area contributed by atoms with Gasteiger partial charge in [0.05, 0.1) is 24.9 Å². The van der Waals surface area contributed by atoms with E-state index in [0.717, 1.165) is 24.2 Å². The van der Waals surface area contributed by atoms with Crippen molar-refractivity contribution in [3.05, 3.63) is 107 Å². The van der Waals surface area contributed by atoms with Gasteiger partial charge in [-0.3, -0.25) is 9.59 Å². The maximum atomic E-state index is 12.9. The van der Waals surface area contributed by atoms with Crippen molar-refractivity contribution in [2.45, 2.75) is 39.2 Å². The zero-order valence-electron chi connectivity index (χ0n) is 20.1. The Balaban J connectivity index is 1.38. The number of aromatic nitrogens is 1. The van der Waals surface area contributed by atoms with Crippen LogP contribution in [-0.2, 0) is 25.8 Å². The first kappa shape index (κ1) is 25.9. The third-order valence-electron chi connectivity index (χ3n) is 5.71. The Bertz CT molecular complexity index is 1340. The van der Waals surface area contributed by atoms with Crippen molar-refractivity contribution in [1.29, 1.82) is 0 Å². The molecule has 1 aromatic carbocycles. The summed E-state index contributed by atoms with van der Waals surface area (Å²) in [6.45, 7) is 3.17. The standard InChI is InChI=1S/C27H26F3N3O4/c1-2-12-33(26(35)24-9-5-14-36-24)17-21-8-4-13-32(21)18-22-10-11-23(37-22)25(34)31-16-19-6-3-7-20(15-19)27(28,29)30/h3-11,13-15H,2,12,16-18H2,1H3,(H,31,34). The number of nitrogens with one attached hydrogen (secondary N) is 1. The molecule has 0 atom stereocenters. The number of nitrogens with zero attached hydrogens (tertiary/aromatic N) is 2. The third kappa shape index (κ3) is 6.52. The molecule has 0 fully saturated rings. The van der Waals surface area contributed by atoms with Crippen LogP contribution in [0.4, 0.5) is 13.2 Å². The number of hydrogen-bond acceptors (Lipinski definition) is 4. The molecular weight excluding hydrogens is 487 g/mol. The zero-order valence-corrected chi connectivity index (χ0v) is 20.1. The van der Waals surface area contributed by atoms with Crippen molar-refractivity contribution in [1.82, 2.24) is 14.8 Å². The van der Waals surface area contributed by atoms with Crippen LogP contribution in [0, 0.1) is 0 Å². The summed E-state index contributed by atoms with van der Waals surface area (Å²) in [6, 6.07) is 15.0. The molecule has 37 heavy (non-hydrogen) atoms. The fourth-order valence-corrected chi connectivity index (χ4v) is 3.90. The van der Waals surface area contributed by atoms with Gasteiger partial charge in [-0.1, -0.05) is 19.1 Å². The summed E-state index contributed by atoms with van der Waals surface area (Å²) in [5.74, 6) is 0.114. The van der Waals surface area contributed by atoms with E-state index in [2.05, 4.69) is 5.32 Å². The number of amides is 2. The molecule has 0 saturated heterocycles. The molecule has 0 bridgehead atoms. The van der Waals surface area contributed by atoms with Crippen molar-refractivity contribution in [3.8, 4) is 0 Å². The quantitative estimate of drug-likeness (QED) is 0.294. The van der Waals surface area contributed by atoms with Crippen LogP contribution in [0.5, 0.6) is 0 Å². The predicted molar refractivity (Wildman–Crippen MR) is 129 cm³/mol. The molecule has 0 saturated carbocycles. The van der Waals surface area contributed by atoms with E-state index in [1.165, 1.54) is 24.5 Å². The largest absolute Gasteiger partial charge is 0.459 e. The highest BCUT2D eigenvalue weighted by Gasteiger charge is 2.30. The Morgan fingerprint density at radius 1 is 1.03 bits per heavy atom. The molecule has 2 amide bonds. The lowest BCUT2D eigenvalue weighted by atomic mass is 10.1. The highest BCUT2D eigenvalue weighted by molar-refractivity contribution is 5.91. The maximum absolute atomic E-state index is 12.9. The van der Waals surface area contributed by atoms with Crippen molar-refractivity contribution < 1.29 is 31.6 Å². The molecule has 0 aliphatic rings. The average molecular weight is 514 g/mol. The van der Waals surface area contributed by atoms with Gasteiger partial charge in [0.25, 0.3) is 11.8 Å². The van der Waals surface area contributed by atoms with Gasteiger partial charge in [0.15, 0.2) is 11.5 Å². The second-order valence-corrected chi connectivity index (χ2v) is 8.48. The summed E-state index contributed by atoms with van der Waals surface area (Å²) >= 11 is 0. The Morgan fingerprint density at radius 2 is 1.86 bits per heavy atom. The van der Waals surface area contributed by atoms with Crippen LogP contribution in [0.25, 0.3) is 0 Å². The lowest BCUT2D eigenvalue weighted by Crippen LogP contribution is -2.31. The van der Waals surface area contributed by atoms with Gasteiger partial charge in [-0.25, -0.2) is 0 Å². The summed E-state index contributed by atoms with van der Waals surface area (Å²) in [7, 11) is 0. The molecule has 194 valence electrons. The molecule has 0 aliphatic heterocycles. The second kappa shape index (κ2) is 11.2. The van der Waals surface area contributed by atoms with Gasteiger partial charge in [-0.05, 0) is 60.5 Å². The first-order valence-electron chi connectivity index (χ1n) is 11.7. The highest BCUT2D eigenvalue weighted by atomic mass is 19.4. The van der Waals surface area contributed by atoms with Crippen molar-refractivity contribution >= 4 is 11.8 Å². The van der Waals surface area contributed by atoms with Gasteiger partial charge in [0, 0.05) is 25.0 Å². The van der Waals surface area contributed by atoms with E-state index in [1.54, 1.807) is 23.1 Å². The first-order chi connectivity index (χ1) is 17.7. The van der Waals surface area contributed by atoms with Gasteiger partial charge in [0.1, 0.15) is 5.76 Å². The highest BCUT2D eigenvalue weighted by Crippen LogP contribution is 2.29. The van der Waals surface area contributed by atoms with Crippen LogP contribution < -0.4 is 5.32 Å². The second-order valence-electron chi connectivity index (χ2n) is 8.48. The van der Waals surface area contributed by atoms with Crippen LogP contribution in [0.1, 0.15) is 57.0 Å². The van der Waals surface area contributed by atoms with Gasteiger partial charge in [-0.15, -0.1) is 0 Å². The molecule has 4 rings (SSSR count). The van der Waals surface area contributed by atoms with Crippen molar-refractivity contribution in [2.24, 2.45) is 0 Å². The number of carbonyl (C=O) groups is 2. The lowest BCUT2D eigenvalue weighted by molar-refractivity contribution is -0.137. The molecule has 7 nitrogen and oxygen atoms in total. The molecule has 0 unspecified atom stereocenters. The average Bonchev–Trinajstić information content (AvgIpc) is 3.65. The summed E-state index contributed by atoms with van der Waals surface area (Å²) in [5, 5.41) is 2.58. The molecular formula is C27H26F3N3O4. The molecule has 10 heteroatoms. The summed E-state index contributed by atoms with van der Waals surface area (Å²) in [5.41, 5.74) is 0.429. The fourth-order valence-electron chi connectivity index (χ4n) is 3.90. The maximum Gasteiger partial charge on any atom is 0.416 e. The summed E-state index contributed by atoms with van der Waals surface area (Å²) in [4.78, 5) is 27.0. The molecule has 3 heterocycles. The number of halogens is 3. The number of carbonyl (C=O) groups excluding carboxylic acids is 2. The molecule has 0 radical (unpaired) electrons. The minimum Gasteiger partial charge on any atom is -0.459 e. The number of hydrogen-bond donors (Lipinski definition) is 1. The Kier molecular flexibility index (Phi) is 7.86. The molecule has 0 spiro atoms. The van der Waals surface area contributed by atoms with E-state index >= 15 is 0 Å². The van der Waals surface area contributed by atoms with Gasteiger partial charge >= 0.3 is 6.18 Å². The molecule has 3 aromatic heterocycles. The molecule has 0 aliphatic carbocycles. The number of furan rings is 2. The smallest absolute Gasteiger partial charge is 0.416 e. The SMILES string of the molecule is CCCN(Cc1cccn1Cc1ccc(C(=O)NCc2cccc(C(F)(F)F)c2)o1)C(=O)c1ccco1. The van der Waals surface area contributed by atoms with Crippen LogP contribution in [-0.4, -0.2) is 27.8 Å². The lowest BCUT2D eigenvalue weighted by Gasteiger charge is -2.22. The summed E-state index contributed by atoms with van der Waals surface area (Å²) < 4.78 is 51.6. The molecule has 4 aromatic rings. The van der Waals surface area contributed by atoms with E-state index < -0.39 is 17.6 Å². The van der Waals surface area contributed by atoms with Crippen molar-refractivity contribution in [2.75, 3.05) is 6.54 Å². The predicted octanol–water partition coefficient (Wildman–Crippen LogP) is 5.72. The van der Waals surface area contributed by atoms with E-state index in [9.17, 15) is 22.8 Å². The number of alkyl halides is 3. The van der Waals surface area contributed by atoms with Crippen LogP contribution >= 0.6 is 0 Å². The van der Waals surface area contributed by atoms with Gasteiger partial charge in [0.2, 0.25) is 0 Å². The van der Waals surface area contributed by atoms with E-state index in [4.69, 9.17) is 8.83 Å². The van der Waals surface area contributed by atoms with Crippen LogP contribution in [0.15, 0.2) is 82.0 Å². The Morgan fingerprint density at radius 3 is 2.59 bits per heavy atom. The Hall–Kier alpha value is -4.21. The fraction of sp³-hybridized carbons (Fsp3) is 0.259. The van der Waals surface area contributed by atoms with Crippen LogP contribution in [0.3, 0.4) is 0 Å². The number of rotatable bonds is 10. The first-order valence-corrected chi connectivity index (χ1v) is 11.7. The number of benzene rings is 1. The monoisotopic (exact) mass is 513 g/mol. The van der Waals surface area contributed by atoms with Crippen molar-refractivity contribution in [3.63, 3.8) is 0 Å². The third-order valence-corrected chi connectivity index (χ3v) is 5.71. The van der Waals surface area contributed by atoms with E-state index in [-0.39, 0.29) is 24.0 Å². The van der Waals surface area contributed by atoms with Gasteiger partial charge in [-0.2, -0.15) is 13.2 Å². The minimum atomic E-state index is -4.45. The van der Waals surface area contributed by atoms with E-state index in [0.29, 0.717) is 31.0 Å². The normalized spacial score (nSPS) is 11.5. The summed E-state index contributed by atoms with van der Waals surface area (Å²) in [6.07, 6.45) is -0.353. The molecule has 1 N–H and O–H groups in total. The Labute approximate surface area is 211 Å². The van der Waals surface area contributed by atoms with E-state index in [1.807, 2.05) is 29.8 Å². The van der Waals surface area contributed by atoms with Gasteiger partial charge < -0.3 is 23.6 Å².